The second-order valence-corrected chi connectivity index (χ2v) is 7.06. The minimum Gasteiger partial charge on any atom is -0.444 e. The van der Waals surface area contributed by atoms with E-state index < -0.39 is 11.7 Å². The number of nitrogens with zero attached hydrogens (tertiary/aromatic N) is 1. The van der Waals surface area contributed by atoms with Crippen LogP contribution in [0.5, 0.6) is 0 Å². The summed E-state index contributed by atoms with van der Waals surface area (Å²) in [5.74, 6) is 0. The molecule has 7 heteroatoms. The number of aryl methyl sites for hydroxylation is 1. The van der Waals surface area contributed by atoms with Crippen LogP contribution in [0.2, 0.25) is 0 Å². The van der Waals surface area contributed by atoms with Gasteiger partial charge in [-0.25, -0.2) is 4.79 Å². The van der Waals surface area contributed by atoms with Gasteiger partial charge in [-0.2, -0.15) is 0 Å². The summed E-state index contributed by atoms with van der Waals surface area (Å²) in [5, 5.41) is 2.66. The van der Waals surface area contributed by atoms with Crippen LogP contribution in [0.25, 0.3) is 0 Å². The van der Waals surface area contributed by atoms with Crippen LogP contribution < -0.4 is 10.9 Å². The first-order chi connectivity index (χ1) is 9.19. The summed E-state index contributed by atoms with van der Waals surface area (Å²) in [5.41, 5.74) is -0.596. The first-order valence-electron chi connectivity index (χ1n) is 6.21. The molecule has 0 unspecified atom stereocenters. The molecule has 0 atom stereocenters. The van der Waals surface area contributed by atoms with Gasteiger partial charge in [-0.1, -0.05) is 0 Å². The number of ether oxygens (including phenoxy) is 1. The molecule has 1 amide bonds. The Kier molecular flexibility index (Phi) is 6.26. The zero-order chi connectivity index (χ0) is 15.3. The number of hydrogen-bond donors (Lipinski definition) is 1. The van der Waals surface area contributed by atoms with Crippen molar-refractivity contribution in [2.75, 3.05) is 6.54 Å². The highest BCUT2D eigenvalue weighted by Crippen LogP contribution is 2.12. The van der Waals surface area contributed by atoms with Crippen LogP contribution in [-0.4, -0.2) is 22.8 Å². The van der Waals surface area contributed by atoms with Crippen LogP contribution in [0, 0.1) is 0 Å². The van der Waals surface area contributed by atoms with Crippen LogP contribution >= 0.6 is 31.9 Å². The number of carbonyl (C=O) groups excluding carboxylic acids is 1. The van der Waals surface area contributed by atoms with E-state index in [1.54, 1.807) is 16.8 Å². The number of nitrogens with one attached hydrogen (secondary N) is 1. The summed E-state index contributed by atoms with van der Waals surface area (Å²) >= 11 is 6.54. The minimum atomic E-state index is -0.504. The first-order valence-corrected chi connectivity index (χ1v) is 7.80. The third-order valence-corrected chi connectivity index (χ3v) is 3.25. The van der Waals surface area contributed by atoms with Gasteiger partial charge in [0.05, 0.1) is 4.47 Å². The fraction of sp³-hybridized carbons (Fsp3) is 0.538. The Morgan fingerprint density at radius 2 is 2.05 bits per heavy atom. The summed E-state index contributed by atoms with van der Waals surface area (Å²) in [6.45, 7) is 6.40. The van der Waals surface area contributed by atoms with Gasteiger partial charge in [-0.3, -0.25) is 4.79 Å². The molecule has 0 aliphatic rings. The first kappa shape index (κ1) is 17.2. The maximum absolute atomic E-state index is 11.8. The third-order valence-electron chi connectivity index (χ3n) is 2.25. The van der Waals surface area contributed by atoms with Gasteiger partial charge in [0.2, 0.25) is 0 Å². The maximum Gasteiger partial charge on any atom is 0.407 e. The van der Waals surface area contributed by atoms with E-state index in [1.165, 1.54) is 0 Å². The molecule has 20 heavy (non-hydrogen) atoms. The quantitative estimate of drug-likeness (QED) is 0.776. The van der Waals surface area contributed by atoms with Crippen molar-refractivity contribution in [3.8, 4) is 0 Å². The Morgan fingerprint density at radius 1 is 1.40 bits per heavy atom. The maximum atomic E-state index is 11.8. The number of alkyl carbamates (subject to hydrolysis) is 1. The van der Waals surface area contributed by atoms with Crippen LogP contribution in [0.15, 0.2) is 26.0 Å². The summed E-state index contributed by atoms with van der Waals surface area (Å²) in [7, 11) is 0. The molecule has 0 fully saturated rings. The smallest absolute Gasteiger partial charge is 0.407 e. The molecule has 0 spiro atoms. The number of pyridine rings is 1. The molecular formula is C13H18Br2N2O3. The van der Waals surface area contributed by atoms with Crippen molar-refractivity contribution in [1.29, 1.82) is 0 Å². The molecule has 0 bridgehead atoms. The molecule has 0 radical (unpaired) electrons. The number of hydrogen-bond acceptors (Lipinski definition) is 3. The van der Waals surface area contributed by atoms with Gasteiger partial charge < -0.3 is 14.6 Å². The second kappa shape index (κ2) is 7.26. The van der Waals surface area contributed by atoms with E-state index >= 15 is 0 Å². The van der Waals surface area contributed by atoms with Gasteiger partial charge in [-0.15, -0.1) is 0 Å². The van der Waals surface area contributed by atoms with E-state index in [0.29, 0.717) is 24.0 Å². The Labute approximate surface area is 135 Å². The zero-order valence-electron chi connectivity index (χ0n) is 11.7. The van der Waals surface area contributed by atoms with Crippen LogP contribution in [-0.2, 0) is 11.3 Å². The topological polar surface area (TPSA) is 60.3 Å². The lowest BCUT2D eigenvalue weighted by atomic mass is 10.2. The molecule has 1 aromatic rings. The molecule has 0 aliphatic heterocycles. The number of rotatable bonds is 4. The largest absolute Gasteiger partial charge is 0.444 e. The summed E-state index contributed by atoms with van der Waals surface area (Å²) < 4.78 is 8.04. The Hall–Kier alpha value is -0.820. The number of carbonyl (C=O) groups is 1. The van der Waals surface area contributed by atoms with Crippen molar-refractivity contribution in [1.82, 2.24) is 9.88 Å². The Morgan fingerprint density at radius 3 is 2.65 bits per heavy atom. The molecule has 0 aliphatic carbocycles. The second-order valence-electron chi connectivity index (χ2n) is 5.29. The monoisotopic (exact) mass is 408 g/mol. The van der Waals surface area contributed by atoms with Crippen molar-refractivity contribution in [2.45, 2.75) is 39.3 Å². The highest BCUT2D eigenvalue weighted by molar-refractivity contribution is 9.11. The number of amides is 1. The highest BCUT2D eigenvalue weighted by Gasteiger charge is 2.15. The van der Waals surface area contributed by atoms with Crippen molar-refractivity contribution >= 4 is 38.0 Å². The molecular weight excluding hydrogens is 392 g/mol. The average Bonchev–Trinajstić information content (AvgIpc) is 2.28. The SMILES string of the molecule is CC(C)(C)OC(=O)NCCCn1cc(Br)cc(Br)c1=O. The van der Waals surface area contributed by atoms with Crippen LogP contribution in [0.1, 0.15) is 27.2 Å². The molecule has 0 saturated carbocycles. The normalized spacial score (nSPS) is 11.2. The van der Waals surface area contributed by atoms with Crippen molar-refractivity contribution < 1.29 is 9.53 Å². The van der Waals surface area contributed by atoms with Gasteiger partial charge in [0.1, 0.15) is 5.60 Å². The van der Waals surface area contributed by atoms with Gasteiger partial charge in [0.25, 0.3) is 5.56 Å². The Balaban J connectivity index is 2.43. The van der Waals surface area contributed by atoms with Gasteiger partial charge >= 0.3 is 6.09 Å². The van der Waals surface area contributed by atoms with E-state index in [9.17, 15) is 9.59 Å². The lowest BCUT2D eigenvalue weighted by Crippen LogP contribution is -2.33. The molecule has 0 saturated heterocycles. The molecule has 1 rings (SSSR count). The highest BCUT2D eigenvalue weighted by atomic mass is 79.9. The fourth-order valence-corrected chi connectivity index (χ4v) is 2.74. The molecule has 112 valence electrons. The van der Waals surface area contributed by atoms with Gasteiger partial charge in [0.15, 0.2) is 0 Å². The summed E-state index contributed by atoms with van der Waals surface area (Å²) in [4.78, 5) is 23.2. The van der Waals surface area contributed by atoms with E-state index in [4.69, 9.17) is 4.74 Å². The van der Waals surface area contributed by atoms with Gasteiger partial charge in [-0.05, 0) is 65.1 Å². The third kappa shape index (κ3) is 6.09. The van der Waals surface area contributed by atoms with Crippen molar-refractivity contribution in [3.05, 3.63) is 31.6 Å². The predicted octanol–water partition coefficient (Wildman–Crippen LogP) is 3.29. The molecule has 5 nitrogen and oxygen atoms in total. The van der Waals surface area contributed by atoms with E-state index in [2.05, 4.69) is 37.2 Å². The summed E-state index contributed by atoms with van der Waals surface area (Å²) in [6, 6.07) is 1.71. The average molecular weight is 410 g/mol. The number of halogens is 2. The van der Waals surface area contributed by atoms with Crippen molar-refractivity contribution in [2.24, 2.45) is 0 Å². The van der Waals surface area contributed by atoms with Crippen LogP contribution in [0.4, 0.5) is 4.79 Å². The zero-order valence-corrected chi connectivity index (χ0v) is 14.9. The number of aromatic nitrogens is 1. The minimum absolute atomic E-state index is 0.0922. The van der Waals surface area contributed by atoms with E-state index in [1.807, 2.05) is 20.8 Å². The van der Waals surface area contributed by atoms with Crippen molar-refractivity contribution in [3.63, 3.8) is 0 Å². The summed E-state index contributed by atoms with van der Waals surface area (Å²) in [6.07, 6.45) is 1.92. The lowest BCUT2D eigenvalue weighted by molar-refractivity contribution is 0.0526. The van der Waals surface area contributed by atoms with Gasteiger partial charge in [0, 0.05) is 23.8 Å². The predicted molar refractivity (Wildman–Crippen MR) is 85.0 cm³/mol. The molecule has 0 aromatic carbocycles. The molecule has 1 N–H and O–H groups in total. The Bertz CT molecular complexity index is 535. The van der Waals surface area contributed by atoms with E-state index in [-0.39, 0.29) is 5.56 Å². The fourth-order valence-electron chi connectivity index (χ4n) is 1.48. The van der Waals surface area contributed by atoms with Crippen LogP contribution in [0.3, 0.4) is 0 Å². The standard InChI is InChI=1S/C13H18Br2N2O3/c1-13(2,3)20-12(19)16-5-4-6-17-8-9(14)7-10(15)11(17)18/h7-8H,4-6H2,1-3H3,(H,16,19). The van der Waals surface area contributed by atoms with E-state index in [0.717, 1.165) is 4.47 Å². The molecule has 1 aromatic heterocycles. The lowest BCUT2D eigenvalue weighted by Gasteiger charge is -2.19. The molecule has 1 heterocycles.